The predicted octanol–water partition coefficient (Wildman–Crippen LogP) is 7.50. The van der Waals surface area contributed by atoms with Crippen LogP contribution in [-0.4, -0.2) is 5.33 Å². The van der Waals surface area contributed by atoms with E-state index in [0.717, 1.165) is 23.6 Å². The maximum atomic E-state index is 4.05. The zero-order valence-corrected chi connectivity index (χ0v) is 17.1. The Kier molecular flexibility index (Phi) is 6.91. The monoisotopic (exact) mass is 408 g/mol. The highest BCUT2D eigenvalue weighted by atomic mass is 79.9. The Bertz CT molecular complexity index is 745. The van der Waals surface area contributed by atoms with Crippen LogP contribution < -0.4 is 0 Å². The minimum absolute atomic E-state index is 0.636. The van der Waals surface area contributed by atoms with Crippen LogP contribution in [0.2, 0.25) is 0 Å². The smallest absolute Gasteiger partial charge is 0.00598 e. The van der Waals surface area contributed by atoms with Gasteiger partial charge in [-0.15, -0.1) is 0 Å². The third-order valence-corrected chi connectivity index (χ3v) is 6.91. The van der Waals surface area contributed by atoms with Crippen LogP contribution in [0, 0.1) is 11.8 Å². The second-order valence-electron chi connectivity index (χ2n) is 7.47. The van der Waals surface area contributed by atoms with E-state index in [2.05, 4.69) is 77.6 Å². The first-order valence-corrected chi connectivity index (χ1v) is 10.9. The molecule has 2 aromatic carbocycles. The van der Waals surface area contributed by atoms with E-state index in [-0.39, 0.29) is 0 Å². The maximum Gasteiger partial charge on any atom is 0.00598 e. The molecule has 0 bridgehead atoms. The summed E-state index contributed by atoms with van der Waals surface area (Å²) in [4.78, 5) is 0. The van der Waals surface area contributed by atoms with Crippen molar-refractivity contribution >= 4 is 28.1 Å². The molecule has 3 unspecified atom stereocenters. The van der Waals surface area contributed by atoms with Gasteiger partial charge in [-0.25, -0.2) is 0 Å². The van der Waals surface area contributed by atoms with Gasteiger partial charge in [0.05, 0.1) is 0 Å². The fraction of sp³-hybridized carbons (Fsp3) is 0.360. The molecule has 0 amide bonds. The van der Waals surface area contributed by atoms with Crippen LogP contribution in [0.15, 0.2) is 61.7 Å². The van der Waals surface area contributed by atoms with Crippen LogP contribution in [0.3, 0.4) is 0 Å². The van der Waals surface area contributed by atoms with Crippen molar-refractivity contribution in [1.82, 2.24) is 0 Å². The fourth-order valence-corrected chi connectivity index (χ4v) is 5.11. The van der Waals surface area contributed by atoms with Crippen molar-refractivity contribution in [2.24, 2.45) is 11.8 Å². The second-order valence-corrected chi connectivity index (χ2v) is 8.12. The van der Waals surface area contributed by atoms with Crippen molar-refractivity contribution in [1.29, 1.82) is 0 Å². The first-order chi connectivity index (χ1) is 12.8. The standard InChI is InChI=1S/C25H29Br/c1-3-20-9-5-6-11-22(20)15-16-23-14-13-19(18-26)17-25(23)24-12-8-7-10-21(24)4-2/h3-12,19,23,25H,1-2,13-18H2. The molecular formula is C25H29Br. The van der Waals surface area contributed by atoms with E-state index in [1.165, 1.54) is 47.9 Å². The van der Waals surface area contributed by atoms with Gasteiger partial charge in [0.15, 0.2) is 0 Å². The summed E-state index contributed by atoms with van der Waals surface area (Å²) in [6.07, 6.45) is 10.3. The van der Waals surface area contributed by atoms with Gasteiger partial charge in [-0.3, -0.25) is 0 Å². The molecule has 26 heavy (non-hydrogen) atoms. The molecule has 1 heteroatoms. The highest BCUT2D eigenvalue weighted by Crippen LogP contribution is 2.44. The van der Waals surface area contributed by atoms with Crippen molar-refractivity contribution in [2.75, 3.05) is 5.33 Å². The molecule has 1 fully saturated rings. The summed E-state index contributed by atoms with van der Waals surface area (Å²) in [6, 6.07) is 17.5. The number of hydrogen-bond donors (Lipinski definition) is 0. The Hall–Kier alpha value is -1.60. The van der Waals surface area contributed by atoms with Crippen molar-refractivity contribution < 1.29 is 0 Å². The lowest BCUT2D eigenvalue weighted by atomic mass is 9.69. The van der Waals surface area contributed by atoms with E-state index in [9.17, 15) is 0 Å². The zero-order valence-electron chi connectivity index (χ0n) is 15.5. The van der Waals surface area contributed by atoms with Gasteiger partial charge in [0, 0.05) is 5.33 Å². The fourth-order valence-electron chi connectivity index (χ4n) is 4.52. The third kappa shape index (κ3) is 4.38. The normalized spacial score (nSPS) is 22.7. The summed E-state index contributed by atoms with van der Waals surface area (Å²) in [5, 5.41) is 1.12. The summed E-state index contributed by atoms with van der Waals surface area (Å²) >= 11 is 3.73. The first kappa shape index (κ1) is 19.2. The largest absolute Gasteiger partial charge is 0.0985 e. The molecule has 136 valence electrons. The lowest BCUT2D eigenvalue weighted by molar-refractivity contribution is 0.240. The topological polar surface area (TPSA) is 0 Å². The predicted molar refractivity (Wildman–Crippen MR) is 119 cm³/mol. The van der Waals surface area contributed by atoms with Gasteiger partial charge in [0.25, 0.3) is 0 Å². The molecule has 1 aliphatic carbocycles. The second kappa shape index (κ2) is 9.37. The molecule has 0 nitrogen and oxygen atoms in total. The quantitative estimate of drug-likeness (QED) is 0.415. The third-order valence-electron chi connectivity index (χ3n) is 6.00. The summed E-state index contributed by atoms with van der Waals surface area (Å²) in [6.45, 7) is 8.02. The number of halogens is 1. The van der Waals surface area contributed by atoms with Gasteiger partial charge in [-0.1, -0.05) is 89.8 Å². The van der Waals surface area contributed by atoms with Crippen LogP contribution in [-0.2, 0) is 6.42 Å². The van der Waals surface area contributed by atoms with E-state index in [0.29, 0.717) is 5.92 Å². The molecule has 0 saturated heterocycles. The minimum Gasteiger partial charge on any atom is -0.0985 e. The molecule has 3 atom stereocenters. The van der Waals surface area contributed by atoms with Crippen molar-refractivity contribution in [3.8, 4) is 0 Å². The van der Waals surface area contributed by atoms with Crippen molar-refractivity contribution in [3.05, 3.63) is 83.9 Å². The highest BCUT2D eigenvalue weighted by molar-refractivity contribution is 9.09. The molecule has 0 aliphatic heterocycles. The molecule has 0 spiro atoms. The number of rotatable bonds is 7. The van der Waals surface area contributed by atoms with Crippen molar-refractivity contribution in [3.63, 3.8) is 0 Å². The number of hydrogen-bond acceptors (Lipinski definition) is 0. The summed E-state index contributed by atoms with van der Waals surface area (Å²) in [5.74, 6) is 2.16. The number of alkyl halides is 1. The van der Waals surface area contributed by atoms with Crippen LogP contribution in [0.1, 0.15) is 53.9 Å². The number of benzene rings is 2. The molecule has 2 aromatic rings. The first-order valence-electron chi connectivity index (χ1n) is 9.74. The van der Waals surface area contributed by atoms with Gasteiger partial charge in [0.1, 0.15) is 0 Å². The van der Waals surface area contributed by atoms with Crippen molar-refractivity contribution in [2.45, 2.75) is 38.0 Å². The Balaban J connectivity index is 1.81. The minimum atomic E-state index is 0.636. The van der Waals surface area contributed by atoms with Gasteiger partial charge in [-0.2, -0.15) is 0 Å². The van der Waals surface area contributed by atoms with Crippen LogP contribution in [0.5, 0.6) is 0 Å². The van der Waals surface area contributed by atoms with Crippen LogP contribution in [0.25, 0.3) is 12.2 Å². The van der Waals surface area contributed by atoms with Gasteiger partial charge in [-0.05, 0) is 72.1 Å². The van der Waals surface area contributed by atoms with Crippen LogP contribution in [0.4, 0.5) is 0 Å². The average Bonchev–Trinajstić information content (AvgIpc) is 2.72. The molecule has 0 heterocycles. The molecule has 0 radical (unpaired) electrons. The van der Waals surface area contributed by atoms with E-state index < -0.39 is 0 Å². The summed E-state index contributed by atoms with van der Waals surface area (Å²) in [5.41, 5.74) is 5.52. The number of aryl methyl sites for hydroxylation is 1. The molecule has 0 aromatic heterocycles. The highest BCUT2D eigenvalue weighted by Gasteiger charge is 2.31. The Morgan fingerprint density at radius 3 is 2.35 bits per heavy atom. The van der Waals surface area contributed by atoms with E-state index in [1.54, 1.807) is 0 Å². The van der Waals surface area contributed by atoms with Gasteiger partial charge >= 0.3 is 0 Å². The zero-order chi connectivity index (χ0) is 18.4. The SMILES string of the molecule is C=Cc1ccccc1CCC1CCC(CBr)CC1c1ccccc1C=C. The lowest BCUT2D eigenvalue weighted by Crippen LogP contribution is -2.25. The summed E-state index contributed by atoms with van der Waals surface area (Å²) in [7, 11) is 0. The average molecular weight is 409 g/mol. The maximum absolute atomic E-state index is 4.05. The van der Waals surface area contributed by atoms with Gasteiger partial charge < -0.3 is 0 Å². The van der Waals surface area contributed by atoms with E-state index in [4.69, 9.17) is 0 Å². The van der Waals surface area contributed by atoms with Crippen LogP contribution >= 0.6 is 15.9 Å². The Morgan fingerprint density at radius 2 is 1.62 bits per heavy atom. The molecule has 1 saturated carbocycles. The molecule has 1 aliphatic rings. The Labute approximate surface area is 167 Å². The summed E-state index contributed by atoms with van der Waals surface area (Å²) < 4.78 is 0. The Morgan fingerprint density at radius 1 is 0.923 bits per heavy atom. The molecule has 3 rings (SSSR count). The van der Waals surface area contributed by atoms with E-state index >= 15 is 0 Å². The molecule has 0 N–H and O–H groups in total. The lowest BCUT2D eigenvalue weighted by Gasteiger charge is -2.37. The van der Waals surface area contributed by atoms with Gasteiger partial charge in [0.2, 0.25) is 0 Å². The van der Waals surface area contributed by atoms with E-state index in [1.807, 2.05) is 12.2 Å². The molecular weight excluding hydrogens is 380 g/mol.